The molecule has 3 aromatic carbocycles. The maximum Gasteiger partial charge on any atom is 0.240 e. The molecule has 0 saturated carbocycles. The number of aromatic amines is 1. The second kappa shape index (κ2) is 11.2. The van der Waals surface area contributed by atoms with Crippen LogP contribution in [0.4, 0.5) is 0 Å². The average molecular weight is 530 g/mol. The Labute approximate surface area is 213 Å². The maximum absolute atomic E-state index is 12.5. The van der Waals surface area contributed by atoms with Crippen LogP contribution < -0.4 is 14.2 Å². The summed E-state index contributed by atoms with van der Waals surface area (Å²) in [4.78, 5) is 8.36. The Hall–Kier alpha value is -2.98. The number of nitrogens with zero attached hydrogens (tertiary/aromatic N) is 1. The number of imidazole rings is 1. The monoisotopic (exact) mass is 529 g/mol. The fourth-order valence-corrected chi connectivity index (χ4v) is 5.38. The van der Waals surface area contributed by atoms with Gasteiger partial charge in [-0.05, 0) is 72.8 Å². The number of sulfonamides is 1. The Morgan fingerprint density at radius 1 is 0.886 bits per heavy atom. The largest absolute Gasteiger partial charge is 0.497 e. The molecule has 2 N–H and O–H groups in total. The Morgan fingerprint density at radius 2 is 1.46 bits per heavy atom. The molecule has 4 aromatic rings. The molecule has 7 nitrogen and oxygen atoms in total. The fourth-order valence-electron chi connectivity index (χ4n) is 3.37. The zero-order valence-electron chi connectivity index (χ0n) is 19.1. The van der Waals surface area contributed by atoms with Crippen molar-refractivity contribution >= 4 is 33.4 Å². The van der Waals surface area contributed by atoms with Gasteiger partial charge in [0.15, 0.2) is 5.16 Å². The van der Waals surface area contributed by atoms with Crippen molar-refractivity contribution in [1.29, 1.82) is 0 Å². The van der Waals surface area contributed by atoms with Gasteiger partial charge < -0.3 is 14.5 Å². The van der Waals surface area contributed by atoms with Crippen LogP contribution in [0.2, 0.25) is 5.02 Å². The Balaban J connectivity index is 1.51. The van der Waals surface area contributed by atoms with Crippen LogP contribution in [0.15, 0.2) is 82.8 Å². The first-order chi connectivity index (χ1) is 16.9. The second-order valence-corrected chi connectivity index (χ2v) is 10.7. The number of benzene rings is 3. The molecule has 0 atom stereocenters. The maximum atomic E-state index is 12.5. The highest BCUT2D eigenvalue weighted by Crippen LogP contribution is 2.34. The molecule has 0 bridgehead atoms. The van der Waals surface area contributed by atoms with Crippen LogP contribution in [-0.4, -0.2) is 44.9 Å². The molecule has 182 valence electrons. The Kier molecular flexibility index (Phi) is 8.02. The number of methoxy groups -OCH3 is 2. The van der Waals surface area contributed by atoms with Crippen LogP contribution in [-0.2, 0) is 10.0 Å². The summed E-state index contributed by atoms with van der Waals surface area (Å²) < 4.78 is 38.1. The smallest absolute Gasteiger partial charge is 0.240 e. The number of ether oxygens (including phenoxy) is 2. The molecule has 0 spiro atoms. The SMILES string of the molecule is COc1ccc(-c2nc(SCCNS(=O)(=O)c3ccc(Cl)cc3)[nH]c2-c2ccc(OC)cc2)cc1. The molecule has 0 aliphatic carbocycles. The molecule has 0 amide bonds. The van der Waals surface area contributed by atoms with Gasteiger partial charge in [-0.3, -0.25) is 0 Å². The lowest BCUT2D eigenvalue weighted by Gasteiger charge is -2.06. The lowest BCUT2D eigenvalue weighted by atomic mass is 10.0. The average Bonchev–Trinajstić information content (AvgIpc) is 3.31. The molecule has 0 unspecified atom stereocenters. The van der Waals surface area contributed by atoms with Crippen molar-refractivity contribution in [2.75, 3.05) is 26.5 Å². The van der Waals surface area contributed by atoms with Crippen molar-refractivity contribution in [3.05, 3.63) is 77.8 Å². The van der Waals surface area contributed by atoms with E-state index >= 15 is 0 Å². The van der Waals surface area contributed by atoms with Crippen molar-refractivity contribution in [3.8, 4) is 34.0 Å². The van der Waals surface area contributed by atoms with E-state index in [0.717, 1.165) is 34.0 Å². The number of thioether (sulfide) groups is 1. The van der Waals surface area contributed by atoms with Crippen molar-refractivity contribution in [2.45, 2.75) is 10.1 Å². The van der Waals surface area contributed by atoms with E-state index in [1.54, 1.807) is 26.4 Å². The van der Waals surface area contributed by atoms with E-state index in [0.29, 0.717) is 15.9 Å². The normalized spacial score (nSPS) is 11.4. The number of aromatic nitrogens is 2. The van der Waals surface area contributed by atoms with Gasteiger partial charge in [-0.2, -0.15) is 0 Å². The zero-order chi connectivity index (χ0) is 24.8. The molecule has 10 heteroatoms. The number of hydrogen-bond acceptors (Lipinski definition) is 6. The van der Waals surface area contributed by atoms with E-state index in [9.17, 15) is 8.42 Å². The van der Waals surface area contributed by atoms with Gasteiger partial charge in [0.25, 0.3) is 0 Å². The number of halogens is 1. The van der Waals surface area contributed by atoms with E-state index in [-0.39, 0.29) is 11.4 Å². The number of H-pyrrole nitrogens is 1. The molecule has 0 saturated heterocycles. The highest BCUT2D eigenvalue weighted by Gasteiger charge is 2.16. The first-order valence-electron chi connectivity index (χ1n) is 10.7. The number of hydrogen-bond donors (Lipinski definition) is 2. The summed E-state index contributed by atoms with van der Waals surface area (Å²) in [5, 5.41) is 1.17. The molecule has 1 heterocycles. The minimum Gasteiger partial charge on any atom is -0.497 e. The first-order valence-corrected chi connectivity index (χ1v) is 13.5. The summed E-state index contributed by atoms with van der Waals surface area (Å²) >= 11 is 7.28. The van der Waals surface area contributed by atoms with E-state index in [4.69, 9.17) is 26.1 Å². The molecular formula is C25H24ClN3O4S2. The van der Waals surface area contributed by atoms with Crippen molar-refractivity contribution in [2.24, 2.45) is 0 Å². The van der Waals surface area contributed by atoms with Crippen LogP contribution in [0, 0.1) is 0 Å². The zero-order valence-corrected chi connectivity index (χ0v) is 21.5. The summed E-state index contributed by atoms with van der Waals surface area (Å²) in [6.45, 7) is 0.242. The van der Waals surface area contributed by atoms with Gasteiger partial charge in [-0.1, -0.05) is 23.4 Å². The van der Waals surface area contributed by atoms with Crippen LogP contribution in [0.5, 0.6) is 11.5 Å². The van der Waals surface area contributed by atoms with Gasteiger partial charge in [0.1, 0.15) is 11.5 Å². The summed E-state index contributed by atoms with van der Waals surface area (Å²) in [5.41, 5.74) is 3.55. The van der Waals surface area contributed by atoms with Crippen LogP contribution >= 0.6 is 23.4 Å². The standard InChI is InChI=1S/C25H24ClN3O4S2/c1-32-20-9-3-17(4-10-20)23-24(18-5-11-21(33-2)12-6-18)29-25(28-23)34-16-15-27-35(30,31)22-13-7-19(26)8-14-22/h3-14,27H,15-16H2,1-2H3,(H,28,29). The van der Waals surface area contributed by atoms with Gasteiger partial charge in [0.2, 0.25) is 10.0 Å². The molecular weight excluding hydrogens is 506 g/mol. The third-order valence-corrected chi connectivity index (χ3v) is 7.79. The van der Waals surface area contributed by atoms with Crippen molar-refractivity contribution in [1.82, 2.24) is 14.7 Å². The minimum atomic E-state index is -3.61. The highest BCUT2D eigenvalue weighted by molar-refractivity contribution is 7.99. The van der Waals surface area contributed by atoms with Crippen molar-refractivity contribution < 1.29 is 17.9 Å². The van der Waals surface area contributed by atoms with E-state index in [2.05, 4.69) is 9.71 Å². The fraction of sp³-hybridized carbons (Fsp3) is 0.160. The number of rotatable bonds is 10. The second-order valence-electron chi connectivity index (χ2n) is 7.42. The summed E-state index contributed by atoms with van der Waals surface area (Å²) in [7, 11) is -0.354. The number of nitrogens with one attached hydrogen (secondary N) is 2. The lowest BCUT2D eigenvalue weighted by Crippen LogP contribution is -2.26. The summed E-state index contributed by atoms with van der Waals surface area (Å²) in [6.07, 6.45) is 0. The molecule has 35 heavy (non-hydrogen) atoms. The third-order valence-electron chi connectivity index (χ3n) is 5.18. The summed E-state index contributed by atoms with van der Waals surface area (Å²) in [6, 6.07) is 21.5. The molecule has 4 rings (SSSR count). The minimum absolute atomic E-state index is 0.175. The summed E-state index contributed by atoms with van der Waals surface area (Å²) in [5.74, 6) is 2.02. The van der Waals surface area contributed by atoms with Crippen LogP contribution in [0.25, 0.3) is 22.5 Å². The van der Waals surface area contributed by atoms with Gasteiger partial charge in [-0.15, -0.1) is 0 Å². The van der Waals surface area contributed by atoms with Crippen LogP contribution in [0.3, 0.4) is 0 Å². The molecule has 0 aliphatic heterocycles. The van der Waals surface area contributed by atoms with E-state index in [1.165, 1.54) is 23.9 Å². The van der Waals surface area contributed by atoms with E-state index in [1.807, 2.05) is 48.5 Å². The Morgan fingerprint density at radius 3 is 2.03 bits per heavy atom. The van der Waals surface area contributed by atoms with Gasteiger partial charge >= 0.3 is 0 Å². The third kappa shape index (κ3) is 6.18. The lowest BCUT2D eigenvalue weighted by molar-refractivity contribution is 0.414. The van der Waals surface area contributed by atoms with Gasteiger partial charge in [0.05, 0.1) is 30.5 Å². The van der Waals surface area contributed by atoms with Crippen molar-refractivity contribution in [3.63, 3.8) is 0 Å². The molecule has 0 fully saturated rings. The highest BCUT2D eigenvalue weighted by atomic mass is 35.5. The topological polar surface area (TPSA) is 93.3 Å². The van der Waals surface area contributed by atoms with Gasteiger partial charge in [0, 0.05) is 28.4 Å². The molecule has 0 radical (unpaired) electrons. The predicted octanol–water partition coefficient (Wildman–Crippen LogP) is 5.48. The molecule has 1 aromatic heterocycles. The van der Waals surface area contributed by atoms with E-state index < -0.39 is 10.0 Å². The Bertz CT molecular complexity index is 1310. The predicted molar refractivity (Wildman–Crippen MR) is 140 cm³/mol. The quantitative estimate of drug-likeness (QED) is 0.208. The van der Waals surface area contributed by atoms with Gasteiger partial charge in [-0.25, -0.2) is 18.1 Å². The molecule has 0 aliphatic rings. The van der Waals surface area contributed by atoms with Crippen LogP contribution in [0.1, 0.15) is 0 Å². The first kappa shape index (κ1) is 25.1.